The van der Waals surface area contributed by atoms with Crippen molar-refractivity contribution in [3.63, 3.8) is 0 Å². The van der Waals surface area contributed by atoms with Crippen molar-refractivity contribution in [2.75, 3.05) is 12.4 Å². The molecule has 0 heterocycles. The summed E-state index contributed by atoms with van der Waals surface area (Å²) in [4.78, 5) is 10.8. The van der Waals surface area contributed by atoms with E-state index in [1.54, 1.807) is 19.1 Å². The van der Waals surface area contributed by atoms with E-state index in [1.807, 2.05) is 12.1 Å². The maximum atomic E-state index is 11.7. The molecule has 1 aromatic rings. The minimum Gasteiger partial charge on any atom is -0.493 e. The molecule has 1 aromatic carbocycles. The summed E-state index contributed by atoms with van der Waals surface area (Å²) >= 11 is 3.32. The molecule has 100 valence electrons. The summed E-state index contributed by atoms with van der Waals surface area (Å²) in [6, 6.07) is 7.31. The first kappa shape index (κ1) is 15.2. The van der Waals surface area contributed by atoms with Crippen LogP contribution in [0.2, 0.25) is 0 Å². The van der Waals surface area contributed by atoms with E-state index in [1.165, 1.54) is 0 Å². The Balaban J connectivity index is 2.42. The van der Waals surface area contributed by atoms with Gasteiger partial charge in [0.1, 0.15) is 11.0 Å². The molecule has 1 rings (SSSR count). The molecule has 0 bridgehead atoms. The number of carbonyl (C=O) groups is 1. The van der Waals surface area contributed by atoms with Crippen LogP contribution in [0.3, 0.4) is 0 Å². The van der Waals surface area contributed by atoms with Crippen molar-refractivity contribution < 1.29 is 18.8 Å². The van der Waals surface area contributed by atoms with Crippen LogP contribution in [-0.4, -0.2) is 32.9 Å². The van der Waals surface area contributed by atoms with Crippen molar-refractivity contribution in [2.45, 2.75) is 18.6 Å². The fourth-order valence-corrected chi connectivity index (χ4v) is 2.92. The number of rotatable bonds is 7. The molecule has 0 aliphatic heterocycles. The average molecular weight is 335 g/mol. The summed E-state index contributed by atoms with van der Waals surface area (Å²) in [5.74, 6) is -0.125. The highest BCUT2D eigenvalue weighted by atomic mass is 79.9. The van der Waals surface area contributed by atoms with Gasteiger partial charge in [-0.15, -0.1) is 0 Å². The first-order chi connectivity index (χ1) is 8.54. The summed E-state index contributed by atoms with van der Waals surface area (Å²) in [7, 11) is -1.40. The molecule has 6 heteroatoms. The SMILES string of the molecule is CCC(C(=O)O)S(=O)CCOc1cccc(Br)c1. The minimum absolute atomic E-state index is 0.220. The molecule has 0 spiro atoms. The number of carboxylic acids is 1. The quantitative estimate of drug-likeness (QED) is 0.831. The van der Waals surface area contributed by atoms with Crippen LogP contribution < -0.4 is 4.74 Å². The fourth-order valence-electron chi connectivity index (χ4n) is 1.41. The molecule has 1 N–H and O–H groups in total. The van der Waals surface area contributed by atoms with E-state index in [-0.39, 0.29) is 12.4 Å². The van der Waals surface area contributed by atoms with Crippen LogP contribution >= 0.6 is 15.9 Å². The van der Waals surface area contributed by atoms with Crippen molar-refractivity contribution in [3.8, 4) is 5.75 Å². The molecular formula is C12H15BrO4S. The van der Waals surface area contributed by atoms with E-state index in [2.05, 4.69) is 15.9 Å². The number of benzene rings is 1. The highest BCUT2D eigenvalue weighted by Crippen LogP contribution is 2.17. The van der Waals surface area contributed by atoms with Crippen molar-refractivity contribution in [3.05, 3.63) is 28.7 Å². The standard InChI is InChI=1S/C12H15BrO4S/c1-2-11(12(14)15)18(16)7-6-17-10-5-3-4-9(13)8-10/h3-5,8,11H,2,6-7H2,1H3,(H,14,15). The van der Waals surface area contributed by atoms with Crippen LogP contribution in [0, 0.1) is 0 Å². The van der Waals surface area contributed by atoms with Gasteiger partial charge in [0.05, 0.1) is 12.4 Å². The third-order valence-electron chi connectivity index (χ3n) is 2.31. The Kier molecular flexibility index (Phi) is 6.35. The van der Waals surface area contributed by atoms with E-state index in [9.17, 15) is 9.00 Å². The van der Waals surface area contributed by atoms with Crippen molar-refractivity contribution in [1.82, 2.24) is 0 Å². The Bertz CT molecular complexity index is 436. The Morgan fingerprint density at radius 1 is 1.56 bits per heavy atom. The molecular weight excluding hydrogens is 320 g/mol. The Morgan fingerprint density at radius 3 is 2.83 bits per heavy atom. The molecule has 18 heavy (non-hydrogen) atoms. The minimum atomic E-state index is -1.40. The lowest BCUT2D eigenvalue weighted by atomic mass is 10.3. The van der Waals surface area contributed by atoms with E-state index < -0.39 is 22.0 Å². The maximum absolute atomic E-state index is 11.7. The average Bonchev–Trinajstić information content (AvgIpc) is 2.29. The second kappa shape index (κ2) is 7.53. The Hall–Kier alpha value is -0.880. The number of ether oxygens (including phenoxy) is 1. The Labute approximate surface area is 117 Å². The molecule has 4 nitrogen and oxygen atoms in total. The molecule has 0 fully saturated rings. The van der Waals surface area contributed by atoms with Gasteiger partial charge in [0.2, 0.25) is 0 Å². The van der Waals surface area contributed by atoms with Gasteiger partial charge >= 0.3 is 5.97 Å². The van der Waals surface area contributed by atoms with Crippen LogP contribution in [0.4, 0.5) is 0 Å². The molecule has 2 unspecified atom stereocenters. The smallest absolute Gasteiger partial charge is 0.319 e. The van der Waals surface area contributed by atoms with Gasteiger partial charge < -0.3 is 9.84 Å². The van der Waals surface area contributed by atoms with Crippen molar-refractivity contribution in [1.29, 1.82) is 0 Å². The largest absolute Gasteiger partial charge is 0.493 e. The third-order valence-corrected chi connectivity index (χ3v) is 4.54. The summed E-state index contributed by atoms with van der Waals surface area (Å²) in [6.45, 7) is 1.96. The zero-order valence-corrected chi connectivity index (χ0v) is 12.4. The van der Waals surface area contributed by atoms with E-state index >= 15 is 0 Å². The molecule has 0 amide bonds. The monoisotopic (exact) mass is 334 g/mol. The van der Waals surface area contributed by atoms with Gasteiger partial charge in [-0.3, -0.25) is 9.00 Å². The zero-order chi connectivity index (χ0) is 13.5. The lowest BCUT2D eigenvalue weighted by Gasteiger charge is -2.10. The maximum Gasteiger partial charge on any atom is 0.319 e. The lowest BCUT2D eigenvalue weighted by Crippen LogP contribution is -2.28. The molecule has 0 saturated carbocycles. The van der Waals surface area contributed by atoms with Gasteiger partial charge in [0.15, 0.2) is 0 Å². The second-order valence-corrected chi connectivity index (χ2v) is 6.28. The highest BCUT2D eigenvalue weighted by Gasteiger charge is 2.22. The molecule has 0 aromatic heterocycles. The Morgan fingerprint density at radius 2 is 2.28 bits per heavy atom. The summed E-state index contributed by atoms with van der Waals surface area (Å²) in [5.41, 5.74) is 0. The molecule has 0 aliphatic rings. The predicted octanol–water partition coefficient (Wildman–Crippen LogP) is 2.44. The number of halogens is 1. The normalized spacial score (nSPS) is 13.9. The molecule has 0 saturated heterocycles. The van der Waals surface area contributed by atoms with Gasteiger partial charge in [-0.2, -0.15) is 0 Å². The van der Waals surface area contributed by atoms with Gasteiger partial charge in [-0.1, -0.05) is 28.9 Å². The van der Waals surface area contributed by atoms with E-state index in [4.69, 9.17) is 9.84 Å². The third kappa shape index (κ3) is 4.78. The van der Waals surface area contributed by atoms with Crippen LogP contribution in [0.1, 0.15) is 13.3 Å². The summed E-state index contributed by atoms with van der Waals surface area (Å²) in [6.07, 6.45) is 0.360. The summed E-state index contributed by atoms with van der Waals surface area (Å²) < 4.78 is 18.0. The summed E-state index contributed by atoms with van der Waals surface area (Å²) in [5, 5.41) is 8.05. The van der Waals surface area contributed by atoms with Crippen molar-refractivity contribution in [2.24, 2.45) is 0 Å². The zero-order valence-electron chi connectivity index (χ0n) is 9.97. The van der Waals surface area contributed by atoms with Gasteiger partial charge in [0.25, 0.3) is 0 Å². The van der Waals surface area contributed by atoms with E-state index in [0.29, 0.717) is 12.2 Å². The highest BCUT2D eigenvalue weighted by molar-refractivity contribution is 9.10. The van der Waals surface area contributed by atoms with Gasteiger partial charge in [0, 0.05) is 15.3 Å². The topological polar surface area (TPSA) is 63.6 Å². The number of hydrogen-bond acceptors (Lipinski definition) is 3. The number of hydrogen-bond donors (Lipinski definition) is 1. The molecule has 0 aliphatic carbocycles. The lowest BCUT2D eigenvalue weighted by molar-refractivity contribution is -0.136. The second-order valence-electron chi connectivity index (χ2n) is 3.63. The van der Waals surface area contributed by atoms with Crippen LogP contribution in [0.25, 0.3) is 0 Å². The van der Waals surface area contributed by atoms with Crippen LogP contribution in [-0.2, 0) is 15.6 Å². The first-order valence-electron chi connectivity index (χ1n) is 5.53. The molecule has 2 atom stereocenters. The first-order valence-corrected chi connectivity index (χ1v) is 7.70. The van der Waals surface area contributed by atoms with Gasteiger partial charge in [-0.25, -0.2) is 0 Å². The number of aliphatic carboxylic acids is 1. The molecule has 0 radical (unpaired) electrons. The van der Waals surface area contributed by atoms with E-state index in [0.717, 1.165) is 4.47 Å². The van der Waals surface area contributed by atoms with Gasteiger partial charge in [-0.05, 0) is 24.6 Å². The van der Waals surface area contributed by atoms with Crippen molar-refractivity contribution >= 4 is 32.7 Å². The van der Waals surface area contributed by atoms with Crippen LogP contribution in [0.15, 0.2) is 28.7 Å². The fraction of sp³-hybridized carbons (Fsp3) is 0.417. The number of carboxylic acid groups (broad SMARTS) is 1. The predicted molar refractivity (Wildman–Crippen MR) is 74.4 cm³/mol. The van der Waals surface area contributed by atoms with Crippen LogP contribution in [0.5, 0.6) is 5.75 Å².